The van der Waals surface area contributed by atoms with E-state index in [0.29, 0.717) is 5.56 Å². The predicted octanol–water partition coefficient (Wildman–Crippen LogP) is 1.96. The second-order valence-electron chi connectivity index (χ2n) is 4.28. The number of anilines is 1. The van der Waals surface area contributed by atoms with Crippen LogP contribution in [0, 0.1) is 0 Å². The van der Waals surface area contributed by atoms with Crippen molar-refractivity contribution >= 4 is 11.6 Å². The molecule has 0 radical (unpaired) electrons. The summed E-state index contributed by atoms with van der Waals surface area (Å²) in [4.78, 5) is 18.1. The summed E-state index contributed by atoms with van der Waals surface area (Å²) in [6.07, 6.45) is 3.32. The fourth-order valence-corrected chi connectivity index (χ4v) is 2.26. The van der Waals surface area contributed by atoms with E-state index in [4.69, 9.17) is 0 Å². The molecule has 18 heavy (non-hydrogen) atoms. The van der Waals surface area contributed by atoms with Gasteiger partial charge in [-0.25, -0.2) is 0 Å². The smallest absolute Gasteiger partial charge is 0.255 e. The molecule has 90 valence electrons. The molecule has 4 heteroatoms. The van der Waals surface area contributed by atoms with Gasteiger partial charge in [0.25, 0.3) is 5.91 Å². The van der Waals surface area contributed by atoms with E-state index in [0.717, 1.165) is 11.3 Å². The van der Waals surface area contributed by atoms with E-state index in [-0.39, 0.29) is 12.1 Å². The Morgan fingerprint density at radius 3 is 2.67 bits per heavy atom. The van der Waals surface area contributed by atoms with E-state index in [9.17, 15) is 4.79 Å². The Balaban J connectivity index is 2.05. The average molecular weight is 239 g/mol. The lowest BCUT2D eigenvalue weighted by atomic mass is 10.0. The second-order valence-corrected chi connectivity index (χ2v) is 4.28. The minimum absolute atomic E-state index is 0.0366. The van der Waals surface area contributed by atoms with Crippen molar-refractivity contribution in [3.8, 4) is 0 Å². The molecule has 1 amide bonds. The van der Waals surface area contributed by atoms with Gasteiger partial charge in [0.2, 0.25) is 0 Å². The topological polar surface area (TPSA) is 45.2 Å². The maximum absolute atomic E-state index is 12.1. The van der Waals surface area contributed by atoms with Crippen molar-refractivity contribution in [1.82, 2.24) is 10.3 Å². The van der Waals surface area contributed by atoms with E-state index >= 15 is 0 Å². The number of nitrogens with zero attached hydrogens (tertiary/aromatic N) is 2. The summed E-state index contributed by atoms with van der Waals surface area (Å²) in [5.74, 6) is -0.0366. The summed E-state index contributed by atoms with van der Waals surface area (Å²) >= 11 is 0. The van der Waals surface area contributed by atoms with Gasteiger partial charge in [-0.2, -0.15) is 0 Å². The van der Waals surface area contributed by atoms with Crippen LogP contribution in [0.2, 0.25) is 0 Å². The first-order valence-electron chi connectivity index (χ1n) is 5.80. The molecular weight excluding hydrogens is 226 g/mol. The fraction of sp³-hybridized carbons (Fsp3) is 0.143. The number of fused-ring (bicyclic) bond motifs is 1. The SMILES string of the molecule is CN1c2ccccc2C(=O)NC1c1ccncc1. The number of nitrogens with one attached hydrogen (secondary N) is 1. The number of carbonyl (C=O) groups excluding carboxylic acids is 1. The third-order valence-electron chi connectivity index (χ3n) is 3.21. The maximum atomic E-state index is 12.1. The molecule has 1 unspecified atom stereocenters. The van der Waals surface area contributed by atoms with Crippen LogP contribution in [0.5, 0.6) is 0 Å². The van der Waals surface area contributed by atoms with Gasteiger partial charge in [0.05, 0.1) is 11.3 Å². The summed E-state index contributed by atoms with van der Waals surface area (Å²) in [6, 6.07) is 11.4. The minimum atomic E-state index is -0.143. The van der Waals surface area contributed by atoms with E-state index in [1.165, 1.54) is 0 Å². The predicted molar refractivity (Wildman–Crippen MR) is 69.3 cm³/mol. The molecule has 1 N–H and O–H groups in total. The van der Waals surface area contributed by atoms with Crippen LogP contribution >= 0.6 is 0 Å². The van der Waals surface area contributed by atoms with Gasteiger partial charge in [-0.3, -0.25) is 9.78 Å². The third kappa shape index (κ3) is 1.62. The molecule has 4 nitrogen and oxygen atoms in total. The number of aromatic nitrogens is 1. The lowest BCUT2D eigenvalue weighted by Crippen LogP contribution is -2.44. The Morgan fingerprint density at radius 1 is 1.17 bits per heavy atom. The zero-order valence-corrected chi connectivity index (χ0v) is 10.00. The number of para-hydroxylation sites is 1. The summed E-state index contributed by atoms with van der Waals surface area (Å²) in [5.41, 5.74) is 2.68. The maximum Gasteiger partial charge on any atom is 0.255 e. The average Bonchev–Trinajstić information content (AvgIpc) is 2.44. The van der Waals surface area contributed by atoms with Gasteiger partial charge in [0.15, 0.2) is 0 Å². The summed E-state index contributed by atoms with van der Waals surface area (Å²) in [6.45, 7) is 0. The fourth-order valence-electron chi connectivity index (χ4n) is 2.26. The number of benzene rings is 1. The van der Waals surface area contributed by atoms with Crippen LogP contribution in [-0.4, -0.2) is 17.9 Å². The van der Waals surface area contributed by atoms with Crippen molar-refractivity contribution in [3.05, 3.63) is 59.9 Å². The van der Waals surface area contributed by atoms with Crippen LogP contribution in [0.25, 0.3) is 0 Å². The van der Waals surface area contributed by atoms with E-state index < -0.39 is 0 Å². The molecule has 1 aliphatic heterocycles. The molecule has 0 bridgehead atoms. The quantitative estimate of drug-likeness (QED) is 0.827. The highest BCUT2D eigenvalue weighted by Gasteiger charge is 2.28. The Hall–Kier alpha value is -2.36. The first-order chi connectivity index (χ1) is 8.77. The van der Waals surface area contributed by atoms with Crippen LogP contribution in [-0.2, 0) is 0 Å². The van der Waals surface area contributed by atoms with Crippen LogP contribution < -0.4 is 10.2 Å². The molecule has 1 aromatic heterocycles. The number of carbonyl (C=O) groups is 1. The number of rotatable bonds is 1. The zero-order valence-electron chi connectivity index (χ0n) is 10.00. The van der Waals surface area contributed by atoms with Crippen molar-refractivity contribution in [2.75, 3.05) is 11.9 Å². The minimum Gasteiger partial charge on any atom is -0.350 e. The summed E-state index contributed by atoms with van der Waals surface area (Å²) < 4.78 is 0. The van der Waals surface area contributed by atoms with Gasteiger partial charge in [0, 0.05) is 19.4 Å². The van der Waals surface area contributed by atoms with Crippen LogP contribution in [0.4, 0.5) is 5.69 Å². The molecule has 0 fully saturated rings. The van der Waals surface area contributed by atoms with E-state index in [2.05, 4.69) is 15.2 Å². The standard InChI is InChI=1S/C14H13N3O/c1-17-12-5-3-2-4-11(12)14(18)16-13(17)10-6-8-15-9-7-10/h2-9,13H,1H3,(H,16,18). The normalized spacial score (nSPS) is 18.2. The molecule has 0 saturated carbocycles. The second kappa shape index (κ2) is 4.14. The Labute approximate surface area is 105 Å². The van der Waals surface area contributed by atoms with Gasteiger partial charge < -0.3 is 10.2 Å². The number of amides is 1. The van der Waals surface area contributed by atoms with Gasteiger partial charge in [-0.1, -0.05) is 12.1 Å². The Kier molecular flexibility index (Phi) is 2.48. The summed E-state index contributed by atoms with van der Waals surface area (Å²) in [7, 11) is 1.98. The van der Waals surface area contributed by atoms with Gasteiger partial charge in [-0.05, 0) is 29.8 Å². The first-order valence-corrected chi connectivity index (χ1v) is 5.80. The number of hydrogen-bond acceptors (Lipinski definition) is 3. The van der Waals surface area contributed by atoms with Crippen molar-refractivity contribution < 1.29 is 4.79 Å². The monoisotopic (exact) mass is 239 g/mol. The van der Waals surface area contributed by atoms with Crippen LogP contribution in [0.1, 0.15) is 22.1 Å². The van der Waals surface area contributed by atoms with Gasteiger partial charge in [-0.15, -0.1) is 0 Å². The molecule has 1 atom stereocenters. The molecule has 0 saturated heterocycles. The van der Waals surface area contributed by atoms with Crippen molar-refractivity contribution in [3.63, 3.8) is 0 Å². The van der Waals surface area contributed by atoms with Crippen LogP contribution in [0.3, 0.4) is 0 Å². The van der Waals surface area contributed by atoms with Crippen molar-refractivity contribution in [2.24, 2.45) is 0 Å². The molecule has 2 heterocycles. The van der Waals surface area contributed by atoms with Gasteiger partial charge >= 0.3 is 0 Å². The van der Waals surface area contributed by atoms with Crippen LogP contribution in [0.15, 0.2) is 48.8 Å². The van der Waals surface area contributed by atoms with E-state index in [1.54, 1.807) is 12.4 Å². The van der Waals surface area contributed by atoms with Gasteiger partial charge in [0.1, 0.15) is 6.17 Å². The lowest BCUT2D eigenvalue weighted by molar-refractivity contribution is 0.0928. The Morgan fingerprint density at radius 2 is 1.89 bits per heavy atom. The Bertz CT molecular complexity index is 583. The molecule has 0 spiro atoms. The molecular formula is C14H13N3O. The first kappa shape index (κ1) is 10.8. The lowest BCUT2D eigenvalue weighted by Gasteiger charge is -2.36. The number of pyridine rings is 1. The molecule has 0 aliphatic carbocycles. The molecule has 1 aliphatic rings. The van der Waals surface area contributed by atoms with E-state index in [1.807, 2.05) is 43.4 Å². The molecule has 3 rings (SSSR count). The number of hydrogen-bond donors (Lipinski definition) is 1. The highest BCUT2D eigenvalue weighted by molar-refractivity contribution is 6.01. The highest BCUT2D eigenvalue weighted by atomic mass is 16.2. The summed E-state index contributed by atoms with van der Waals surface area (Å²) in [5, 5.41) is 3.00. The zero-order chi connectivity index (χ0) is 12.5. The third-order valence-corrected chi connectivity index (χ3v) is 3.21. The van der Waals surface area contributed by atoms with Crippen molar-refractivity contribution in [1.29, 1.82) is 0 Å². The highest BCUT2D eigenvalue weighted by Crippen LogP contribution is 2.30. The van der Waals surface area contributed by atoms with Crippen molar-refractivity contribution in [2.45, 2.75) is 6.17 Å². The molecule has 1 aromatic carbocycles. The molecule has 2 aromatic rings. The largest absolute Gasteiger partial charge is 0.350 e.